The van der Waals surface area contributed by atoms with E-state index in [4.69, 9.17) is 0 Å². The fourth-order valence-electron chi connectivity index (χ4n) is 2.56. The van der Waals surface area contributed by atoms with Crippen LogP contribution in [0.15, 0.2) is 29.2 Å². The molecule has 0 aliphatic carbocycles. The summed E-state index contributed by atoms with van der Waals surface area (Å²) in [4.78, 5) is 11.5. The van der Waals surface area contributed by atoms with Gasteiger partial charge in [0.2, 0.25) is 10.0 Å². The number of carbonyl (C=O) groups excluding carboxylic acids is 1. The van der Waals surface area contributed by atoms with Crippen molar-refractivity contribution < 1.29 is 17.9 Å². The zero-order valence-corrected chi connectivity index (χ0v) is 14.7. The van der Waals surface area contributed by atoms with Gasteiger partial charge < -0.3 is 10.1 Å². The zero-order valence-electron chi connectivity index (χ0n) is 13.1. The topological polar surface area (TPSA) is 84.5 Å². The maximum Gasteiger partial charge on any atom is 0.337 e. The summed E-state index contributed by atoms with van der Waals surface area (Å²) in [5.74, 6) is -0.0387. The Labute approximate surface area is 143 Å². The van der Waals surface area contributed by atoms with Gasteiger partial charge in [-0.25, -0.2) is 17.9 Å². The first-order chi connectivity index (χ1) is 10.5. The highest BCUT2D eigenvalue weighted by molar-refractivity contribution is 7.89. The Bertz CT molecular complexity index is 616. The summed E-state index contributed by atoms with van der Waals surface area (Å²) in [5, 5.41) is 3.31. The van der Waals surface area contributed by atoms with Crippen molar-refractivity contribution >= 4 is 28.4 Å². The molecule has 0 aromatic heterocycles. The Balaban J connectivity index is 0.00000264. The van der Waals surface area contributed by atoms with E-state index in [1.807, 2.05) is 0 Å². The van der Waals surface area contributed by atoms with E-state index in [0.29, 0.717) is 12.5 Å². The van der Waals surface area contributed by atoms with Crippen LogP contribution in [0.5, 0.6) is 0 Å². The molecule has 1 heterocycles. The van der Waals surface area contributed by atoms with E-state index >= 15 is 0 Å². The maximum absolute atomic E-state index is 12.3. The van der Waals surface area contributed by atoms with E-state index in [2.05, 4.69) is 14.8 Å². The summed E-state index contributed by atoms with van der Waals surface area (Å²) in [7, 11) is -2.34. The molecule has 130 valence electrons. The minimum Gasteiger partial charge on any atom is -0.465 e. The molecule has 0 amide bonds. The summed E-state index contributed by atoms with van der Waals surface area (Å²) in [6, 6.07) is 5.86. The minimum absolute atomic E-state index is 0. The van der Waals surface area contributed by atoms with Crippen LogP contribution < -0.4 is 10.0 Å². The number of halogens is 1. The highest BCUT2D eigenvalue weighted by Crippen LogP contribution is 2.15. The van der Waals surface area contributed by atoms with Gasteiger partial charge in [0, 0.05) is 6.54 Å². The predicted octanol–water partition coefficient (Wildman–Crippen LogP) is 1.56. The molecule has 1 unspecified atom stereocenters. The number of esters is 1. The molecule has 1 atom stereocenters. The summed E-state index contributed by atoms with van der Waals surface area (Å²) in [6.07, 6.45) is 3.08. The highest BCUT2D eigenvalue weighted by atomic mass is 35.5. The molecule has 0 bridgehead atoms. The predicted molar refractivity (Wildman–Crippen MR) is 90.4 cm³/mol. The Morgan fingerprint density at radius 3 is 2.87 bits per heavy atom. The van der Waals surface area contributed by atoms with Crippen molar-refractivity contribution in [3.8, 4) is 0 Å². The number of ether oxygens (including phenoxy) is 1. The molecular formula is C15H23ClN2O4S. The Kier molecular flexibility index (Phi) is 7.98. The number of hydrogen-bond donors (Lipinski definition) is 2. The second-order valence-electron chi connectivity index (χ2n) is 5.42. The number of rotatable bonds is 6. The van der Waals surface area contributed by atoms with Gasteiger partial charge in [0.25, 0.3) is 0 Å². The van der Waals surface area contributed by atoms with Crippen LogP contribution >= 0.6 is 12.4 Å². The molecule has 1 aromatic rings. The SMILES string of the molecule is COC(=O)c1cccc(S(=O)(=O)NCCC2CCCNC2)c1.Cl. The maximum atomic E-state index is 12.3. The summed E-state index contributed by atoms with van der Waals surface area (Å²) in [6.45, 7) is 2.39. The van der Waals surface area contributed by atoms with Crippen LogP contribution in [0, 0.1) is 5.92 Å². The van der Waals surface area contributed by atoms with Crippen LogP contribution in [0.2, 0.25) is 0 Å². The molecule has 23 heavy (non-hydrogen) atoms. The third-order valence-electron chi connectivity index (χ3n) is 3.81. The third kappa shape index (κ3) is 5.76. The molecule has 0 radical (unpaired) electrons. The van der Waals surface area contributed by atoms with E-state index in [1.54, 1.807) is 0 Å². The van der Waals surface area contributed by atoms with E-state index < -0.39 is 16.0 Å². The van der Waals surface area contributed by atoms with Crippen LogP contribution in [-0.2, 0) is 14.8 Å². The fourth-order valence-corrected chi connectivity index (χ4v) is 3.65. The van der Waals surface area contributed by atoms with Crippen molar-refractivity contribution in [2.24, 2.45) is 5.92 Å². The van der Waals surface area contributed by atoms with Gasteiger partial charge >= 0.3 is 5.97 Å². The van der Waals surface area contributed by atoms with Crippen LogP contribution in [-0.4, -0.2) is 41.1 Å². The second-order valence-corrected chi connectivity index (χ2v) is 7.19. The first kappa shape index (κ1) is 19.9. The first-order valence-electron chi connectivity index (χ1n) is 7.41. The molecule has 2 rings (SSSR count). The first-order valence-corrected chi connectivity index (χ1v) is 8.90. The quantitative estimate of drug-likeness (QED) is 0.750. The lowest BCUT2D eigenvalue weighted by molar-refractivity contribution is 0.0600. The lowest BCUT2D eigenvalue weighted by Crippen LogP contribution is -2.33. The molecule has 1 aromatic carbocycles. The van der Waals surface area contributed by atoms with Gasteiger partial charge in [-0.05, 0) is 56.5 Å². The average molecular weight is 363 g/mol. The van der Waals surface area contributed by atoms with Gasteiger partial charge in [-0.15, -0.1) is 12.4 Å². The van der Waals surface area contributed by atoms with Gasteiger partial charge in [-0.2, -0.15) is 0 Å². The van der Waals surface area contributed by atoms with Crippen molar-refractivity contribution in [3.63, 3.8) is 0 Å². The van der Waals surface area contributed by atoms with Gasteiger partial charge in [0.1, 0.15) is 0 Å². The van der Waals surface area contributed by atoms with Gasteiger partial charge in [-0.1, -0.05) is 6.07 Å². The third-order valence-corrected chi connectivity index (χ3v) is 5.27. The summed E-state index contributed by atoms with van der Waals surface area (Å²) >= 11 is 0. The monoisotopic (exact) mass is 362 g/mol. The molecule has 0 saturated carbocycles. The Hall–Kier alpha value is -1.15. The summed E-state index contributed by atoms with van der Waals surface area (Å²) in [5.41, 5.74) is 0.224. The minimum atomic E-state index is -3.60. The highest BCUT2D eigenvalue weighted by Gasteiger charge is 2.18. The smallest absolute Gasteiger partial charge is 0.337 e. The summed E-state index contributed by atoms with van der Waals surface area (Å²) < 4.78 is 31.7. The average Bonchev–Trinajstić information content (AvgIpc) is 2.55. The largest absolute Gasteiger partial charge is 0.465 e. The molecule has 1 saturated heterocycles. The number of methoxy groups -OCH3 is 1. The number of hydrogen-bond acceptors (Lipinski definition) is 5. The van der Waals surface area contributed by atoms with Crippen molar-refractivity contribution in [2.75, 3.05) is 26.7 Å². The van der Waals surface area contributed by atoms with E-state index in [1.165, 1.54) is 31.4 Å². The van der Waals surface area contributed by atoms with Crippen molar-refractivity contribution in [1.29, 1.82) is 0 Å². The standard InChI is InChI=1S/C15H22N2O4S.ClH/c1-21-15(18)13-5-2-6-14(10-13)22(19,20)17-9-7-12-4-3-8-16-11-12;/h2,5-6,10,12,16-17H,3-4,7-9,11H2,1H3;1H. The van der Waals surface area contributed by atoms with Gasteiger partial charge in [-0.3, -0.25) is 0 Å². The van der Waals surface area contributed by atoms with Crippen molar-refractivity contribution in [1.82, 2.24) is 10.0 Å². The van der Waals surface area contributed by atoms with Gasteiger partial charge in [0.15, 0.2) is 0 Å². The lowest BCUT2D eigenvalue weighted by Gasteiger charge is -2.22. The van der Waals surface area contributed by atoms with Gasteiger partial charge in [0.05, 0.1) is 17.6 Å². The number of sulfonamides is 1. The molecule has 1 aliphatic rings. The zero-order chi connectivity index (χ0) is 16.0. The normalized spacial score (nSPS) is 18.0. The van der Waals surface area contributed by atoms with Crippen LogP contribution in [0.4, 0.5) is 0 Å². The Morgan fingerprint density at radius 2 is 2.22 bits per heavy atom. The number of carbonyl (C=O) groups is 1. The molecular weight excluding hydrogens is 340 g/mol. The second kappa shape index (κ2) is 9.22. The molecule has 2 N–H and O–H groups in total. The molecule has 0 spiro atoms. The molecule has 6 nitrogen and oxygen atoms in total. The number of nitrogens with one attached hydrogen (secondary N) is 2. The van der Waals surface area contributed by atoms with Crippen LogP contribution in [0.25, 0.3) is 0 Å². The van der Waals surface area contributed by atoms with Crippen molar-refractivity contribution in [2.45, 2.75) is 24.2 Å². The molecule has 1 fully saturated rings. The molecule has 1 aliphatic heterocycles. The van der Waals surface area contributed by atoms with Crippen molar-refractivity contribution in [3.05, 3.63) is 29.8 Å². The number of benzene rings is 1. The molecule has 8 heteroatoms. The number of piperidine rings is 1. The fraction of sp³-hybridized carbons (Fsp3) is 0.533. The Morgan fingerprint density at radius 1 is 1.43 bits per heavy atom. The van der Waals surface area contributed by atoms with E-state index in [-0.39, 0.29) is 22.9 Å². The van der Waals surface area contributed by atoms with E-state index in [0.717, 1.165) is 32.4 Å². The van der Waals surface area contributed by atoms with Crippen LogP contribution in [0.3, 0.4) is 0 Å². The van der Waals surface area contributed by atoms with Crippen LogP contribution in [0.1, 0.15) is 29.6 Å². The lowest BCUT2D eigenvalue weighted by atomic mass is 9.96. The van der Waals surface area contributed by atoms with E-state index in [9.17, 15) is 13.2 Å².